The van der Waals surface area contributed by atoms with Gasteiger partial charge in [0.25, 0.3) is 0 Å². The number of hydrogen-bond donors (Lipinski definition) is 1. The van der Waals surface area contributed by atoms with Gasteiger partial charge in [-0.2, -0.15) is 0 Å². The van der Waals surface area contributed by atoms with E-state index in [4.69, 9.17) is 4.74 Å². The van der Waals surface area contributed by atoms with Crippen LogP contribution < -0.4 is 4.90 Å². The van der Waals surface area contributed by atoms with Crippen molar-refractivity contribution in [3.8, 4) is 5.75 Å². The fraction of sp³-hybridized carbons (Fsp3) is 0.286. The number of esters is 1. The van der Waals surface area contributed by atoms with Gasteiger partial charge in [-0.1, -0.05) is 18.2 Å². The van der Waals surface area contributed by atoms with Crippen LogP contribution in [0.4, 0.5) is 9.39 Å². The molecule has 0 aliphatic heterocycles. The Bertz CT molecular complexity index is 1020. The van der Waals surface area contributed by atoms with Gasteiger partial charge in [-0.15, -0.1) is 11.3 Å². The molecule has 0 saturated heterocycles. The first-order valence-corrected chi connectivity index (χ1v) is 9.60. The van der Waals surface area contributed by atoms with Crippen molar-refractivity contribution in [2.75, 3.05) is 33.2 Å². The molecule has 3 aromatic rings. The highest BCUT2D eigenvalue weighted by molar-refractivity contribution is 7.23. The maximum absolute atomic E-state index is 14.1. The molecule has 3 rings (SSSR count). The van der Waals surface area contributed by atoms with E-state index >= 15 is 0 Å². The zero-order chi connectivity index (χ0) is 20.4. The summed E-state index contributed by atoms with van der Waals surface area (Å²) in [5.41, 5.74) is 1.72. The zero-order valence-electron chi connectivity index (χ0n) is 16.3. The highest BCUT2D eigenvalue weighted by Crippen LogP contribution is 2.43. The summed E-state index contributed by atoms with van der Waals surface area (Å²) in [6.45, 7) is 0.833. The summed E-state index contributed by atoms with van der Waals surface area (Å²) >= 11 is 1.40. The molecule has 1 heterocycles. The molecule has 0 saturated carbocycles. The van der Waals surface area contributed by atoms with Gasteiger partial charge in [0, 0.05) is 41.4 Å². The number of phenols is 1. The second kappa shape index (κ2) is 8.16. The molecule has 0 aliphatic carbocycles. The van der Waals surface area contributed by atoms with E-state index in [1.165, 1.54) is 24.5 Å². The van der Waals surface area contributed by atoms with Gasteiger partial charge in [0.05, 0.1) is 7.11 Å². The molecule has 2 aromatic carbocycles. The second-order valence-electron chi connectivity index (χ2n) is 6.90. The molecule has 0 bridgehead atoms. The van der Waals surface area contributed by atoms with Crippen molar-refractivity contribution in [1.29, 1.82) is 0 Å². The number of thiophene rings is 1. The van der Waals surface area contributed by atoms with E-state index in [9.17, 15) is 14.3 Å². The lowest BCUT2D eigenvalue weighted by molar-refractivity contribution is 0.0604. The molecule has 5 nitrogen and oxygen atoms in total. The number of phenolic OH excluding ortho intramolecular Hbond substituents is 1. The Labute approximate surface area is 167 Å². The molecule has 7 heteroatoms. The van der Waals surface area contributed by atoms with Crippen LogP contribution in [-0.4, -0.2) is 44.2 Å². The van der Waals surface area contributed by atoms with Crippen LogP contribution in [0.5, 0.6) is 5.75 Å². The minimum Gasteiger partial charge on any atom is -0.508 e. The minimum absolute atomic E-state index is 0.183. The lowest BCUT2D eigenvalue weighted by atomic mass is 10.1. The monoisotopic (exact) mass is 402 g/mol. The number of aromatic hydroxyl groups is 1. The molecule has 1 N–H and O–H groups in total. The highest BCUT2D eigenvalue weighted by atomic mass is 32.1. The van der Waals surface area contributed by atoms with E-state index in [0.29, 0.717) is 29.2 Å². The van der Waals surface area contributed by atoms with E-state index in [1.807, 2.05) is 30.9 Å². The number of benzene rings is 2. The fourth-order valence-electron chi connectivity index (χ4n) is 3.18. The Kier molecular flexibility index (Phi) is 5.86. The number of halogens is 1. The standard InChI is InChI=1S/C21H23FN2O3S/c1-23(2)12-15-17(25)10-9-14-18(21(26)27-4)20(28-19(14)15)24(3)11-13-7-5-6-8-16(13)22/h5-10,25H,11-12H2,1-4H3. The van der Waals surface area contributed by atoms with Gasteiger partial charge < -0.3 is 19.6 Å². The van der Waals surface area contributed by atoms with Gasteiger partial charge >= 0.3 is 5.97 Å². The van der Waals surface area contributed by atoms with Crippen LogP contribution in [-0.2, 0) is 17.8 Å². The molecule has 28 heavy (non-hydrogen) atoms. The lowest BCUT2D eigenvalue weighted by Crippen LogP contribution is -2.18. The van der Waals surface area contributed by atoms with E-state index in [-0.39, 0.29) is 11.6 Å². The number of rotatable bonds is 6. The third kappa shape index (κ3) is 3.81. The maximum Gasteiger partial charge on any atom is 0.341 e. The number of fused-ring (bicyclic) bond motifs is 1. The minimum atomic E-state index is -0.455. The van der Waals surface area contributed by atoms with Crippen molar-refractivity contribution in [2.45, 2.75) is 13.1 Å². The summed E-state index contributed by atoms with van der Waals surface area (Å²) in [5.74, 6) is -0.564. The Morgan fingerprint density at radius 3 is 2.50 bits per heavy atom. The van der Waals surface area contributed by atoms with Crippen molar-refractivity contribution in [1.82, 2.24) is 4.90 Å². The molecule has 0 radical (unpaired) electrons. The summed E-state index contributed by atoms with van der Waals surface area (Å²) in [7, 11) is 6.99. The fourth-order valence-corrected chi connectivity index (χ4v) is 4.47. The largest absolute Gasteiger partial charge is 0.508 e. The summed E-state index contributed by atoms with van der Waals surface area (Å²) in [6, 6.07) is 9.90. The van der Waals surface area contributed by atoms with Gasteiger partial charge in [-0.3, -0.25) is 0 Å². The number of carbonyl (C=O) groups is 1. The first kappa shape index (κ1) is 20.1. The van der Waals surface area contributed by atoms with E-state index in [0.717, 1.165) is 15.6 Å². The van der Waals surface area contributed by atoms with Crippen LogP contribution in [0.1, 0.15) is 21.5 Å². The molecule has 0 amide bonds. The quantitative estimate of drug-likeness (QED) is 0.626. The van der Waals surface area contributed by atoms with Crippen LogP contribution in [0.25, 0.3) is 10.1 Å². The van der Waals surface area contributed by atoms with Crippen molar-refractivity contribution >= 4 is 32.4 Å². The summed E-state index contributed by atoms with van der Waals surface area (Å²) < 4.78 is 19.9. The SMILES string of the molecule is COC(=O)c1c(N(C)Cc2ccccc2F)sc2c(CN(C)C)c(O)ccc12. The van der Waals surface area contributed by atoms with Gasteiger partial charge in [0.1, 0.15) is 22.1 Å². The van der Waals surface area contributed by atoms with Crippen LogP contribution >= 0.6 is 11.3 Å². The van der Waals surface area contributed by atoms with Gasteiger partial charge in [-0.25, -0.2) is 9.18 Å². The number of anilines is 1. The van der Waals surface area contributed by atoms with Crippen molar-refractivity contribution in [3.05, 3.63) is 58.9 Å². The topological polar surface area (TPSA) is 53.0 Å². The number of nitrogens with zero attached hydrogens (tertiary/aromatic N) is 2. The number of methoxy groups -OCH3 is 1. The second-order valence-corrected chi connectivity index (χ2v) is 7.90. The summed E-state index contributed by atoms with van der Waals surface area (Å²) in [5, 5.41) is 11.8. The van der Waals surface area contributed by atoms with Crippen LogP contribution in [0.2, 0.25) is 0 Å². The average Bonchev–Trinajstić information content (AvgIpc) is 3.05. The summed E-state index contributed by atoms with van der Waals surface area (Å²) in [6.07, 6.45) is 0. The Hall–Kier alpha value is -2.64. The highest BCUT2D eigenvalue weighted by Gasteiger charge is 2.25. The normalized spacial score (nSPS) is 11.2. The molecular formula is C21H23FN2O3S. The van der Waals surface area contributed by atoms with E-state index in [1.54, 1.807) is 30.3 Å². The van der Waals surface area contributed by atoms with Gasteiger partial charge in [0.15, 0.2) is 0 Å². The van der Waals surface area contributed by atoms with Crippen LogP contribution in [0.3, 0.4) is 0 Å². The number of carbonyl (C=O) groups excluding carboxylic acids is 1. The van der Waals surface area contributed by atoms with Gasteiger partial charge in [-0.05, 0) is 32.3 Å². The first-order chi connectivity index (χ1) is 13.3. The molecule has 0 aliphatic rings. The molecule has 1 aromatic heterocycles. The molecule has 0 spiro atoms. The van der Waals surface area contributed by atoms with E-state index in [2.05, 4.69) is 0 Å². The molecule has 0 fully saturated rings. The maximum atomic E-state index is 14.1. The number of ether oxygens (including phenoxy) is 1. The van der Waals surface area contributed by atoms with E-state index < -0.39 is 5.97 Å². The molecular weight excluding hydrogens is 379 g/mol. The Balaban J connectivity index is 2.15. The summed E-state index contributed by atoms with van der Waals surface area (Å²) in [4.78, 5) is 16.4. The predicted molar refractivity (Wildman–Crippen MR) is 111 cm³/mol. The van der Waals surface area contributed by atoms with Crippen molar-refractivity contribution in [2.24, 2.45) is 0 Å². The molecule has 148 valence electrons. The van der Waals surface area contributed by atoms with Gasteiger partial charge in [0.2, 0.25) is 0 Å². The third-order valence-electron chi connectivity index (χ3n) is 4.49. The van der Waals surface area contributed by atoms with Crippen molar-refractivity contribution < 1.29 is 19.0 Å². The van der Waals surface area contributed by atoms with Crippen molar-refractivity contribution in [3.63, 3.8) is 0 Å². The Morgan fingerprint density at radius 1 is 1.14 bits per heavy atom. The van der Waals surface area contributed by atoms with Crippen LogP contribution in [0, 0.1) is 5.82 Å². The molecule has 0 unspecified atom stereocenters. The third-order valence-corrected chi connectivity index (χ3v) is 5.87. The Morgan fingerprint density at radius 2 is 1.86 bits per heavy atom. The smallest absolute Gasteiger partial charge is 0.341 e. The number of hydrogen-bond acceptors (Lipinski definition) is 6. The molecule has 0 atom stereocenters. The van der Waals surface area contributed by atoms with Crippen LogP contribution in [0.15, 0.2) is 36.4 Å². The average molecular weight is 402 g/mol. The zero-order valence-corrected chi connectivity index (χ0v) is 17.1. The first-order valence-electron chi connectivity index (χ1n) is 8.78. The lowest BCUT2D eigenvalue weighted by Gasteiger charge is -2.19. The predicted octanol–water partition coefficient (Wildman–Crippen LogP) is 4.23.